The van der Waals surface area contributed by atoms with E-state index < -0.39 is 5.97 Å². The van der Waals surface area contributed by atoms with Gasteiger partial charge in [0, 0.05) is 18.4 Å². The SMILES string of the molecule is C[C@@H]1CCc2ncc(F)cc2C2CCCN2c2ccn3ncc(c3n2)C(=O)O1. The average Bonchev–Trinajstić information content (AvgIpc) is 3.32. The molecule has 0 aliphatic carbocycles. The van der Waals surface area contributed by atoms with Gasteiger partial charge < -0.3 is 9.64 Å². The minimum Gasteiger partial charge on any atom is -0.459 e. The lowest BCUT2D eigenvalue weighted by Crippen LogP contribution is -2.25. The second-order valence-electron chi connectivity index (χ2n) is 7.41. The summed E-state index contributed by atoms with van der Waals surface area (Å²) in [6.45, 7) is 2.67. The highest BCUT2D eigenvalue weighted by Gasteiger charge is 2.31. The second-order valence-corrected chi connectivity index (χ2v) is 7.41. The number of hydrogen-bond donors (Lipinski definition) is 0. The molecule has 1 unspecified atom stereocenters. The first-order valence-corrected chi connectivity index (χ1v) is 9.56. The molecule has 3 aromatic rings. The molecule has 5 rings (SSSR count). The predicted octanol–water partition coefficient (Wildman–Crippen LogP) is 3.10. The highest BCUT2D eigenvalue weighted by atomic mass is 19.1. The summed E-state index contributed by atoms with van der Waals surface area (Å²) in [7, 11) is 0. The summed E-state index contributed by atoms with van der Waals surface area (Å²) >= 11 is 0. The smallest absolute Gasteiger partial charge is 0.343 e. The lowest BCUT2D eigenvalue weighted by Gasteiger charge is -2.27. The predicted molar refractivity (Wildman–Crippen MR) is 99.7 cm³/mol. The van der Waals surface area contributed by atoms with Crippen molar-refractivity contribution in [3.8, 4) is 0 Å². The van der Waals surface area contributed by atoms with E-state index in [0.29, 0.717) is 24.1 Å². The number of pyridine rings is 1. The summed E-state index contributed by atoms with van der Waals surface area (Å²) in [5.74, 6) is -0.0282. The van der Waals surface area contributed by atoms with Crippen molar-refractivity contribution in [3.05, 3.63) is 53.4 Å². The van der Waals surface area contributed by atoms with Crippen molar-refractivity contribution in [2.45, 2.75) is 44.8 Å². The minimum atomic E-state index is -0.434. The first-order valence-electron chi connectivity index (χ1n) is 9.56. The number of carbonyl (C=O) groups is 1. The molecule has 0 radical (unpaired) electrons. The third-order valence-corrected chi connectivity index (χ3v) is 5.55. The van der Waals surface area contributed by atoms with E-state index in [1.54, 1.807) is 16.8 Å². The molecule has 1 saturated heterocycles. The van der Waals surface area contributed by atoms with Gasteiger partial charge in [0.15, 0.2) is 5.65 Å². The normalized spacial score (nSPS) is 22.2. The molecule has 2 atom stereocenters. The van der Waals surface area contributed by atoms with Crippen LogP contribution in [0.25, 0.3) is 5.65 Å². The highest BCUT2D eigenvalue weighted by Crippen LogP contribution is 2.37. The third-order valence-electron chi connectivity index (χ3n) is 5.55. The maximum atomic E-state index is 14.0. The van der Waals surface area contributed by atoms with E-state index in [9.17, 15) is 9.18 Å². The van der Waals surface area contributed by atoms with Crippen molar-refractivity contribution in [2.24, 2.45) is 0 Å². The van der Waals surface area contributed by atoms with E-state index in [0.717, 1.165) is 36.5 Å². The zero-order valence-electron chi connectivity index (χ0n) is 15.5. The van der Waals surface area contributed by atoms with Crippen molar-refractivity contribution < 1.29 is 13.9 Å². The Morgan fingerprint density at radius 1 is 1.29 bits per heavy atom. The van der Waals surface area contributed by atoms with Crippen LogP contribution in [0.15, 0.2) is 30.7 Å². The van der Waals surface area contributed by atoms with Gasteiger partial charge >= 0.3 is 5.97 Å². The Morgan fingerprint density at radius 3 is 3.07 bits per heavy atom. The van der Waals surface area contributed by atoms with E-state index in [1.807, 2.05) is 13.0 Å². The molecule has 0 spiro atoms. The molecule has 2 bridgehead atoms. The molecular formula is C20H20FN5O2. The van der Waals surface area contributed by atoms with Crippen LogP contribution in [-0.4, -0.2) is 38.2 Å². The molecule has 2 aliphatic heterocycles. The van der Waals surface area contributed by atoms with Crippen molar-refractivity contribution in [3.63, 3.8) is 0 Å². The fraction of sp³-hybridized carbons (Fsp3) is 0.400. The van der Waals surface area contributed by atoms with Crippen LogP contribution >= 0.6 is 0 Å². The summed E-state index contributed by atoms with van der Waals surface area (Å²) in [4.78, 5) is 23.9. The zero-order chi connectivity index (χ0) is 19.3. The number of ether oxygens (including phenoxy) is 1. The quantitative estimate of drug-likeness (QED) is 0.557. The van der Waals surface area contributed by atoms with Crippen LogP contribution in [0.4, 0.5) is 10.2 Å². The number of aromatic nitrogens is 4. The molecule has 144 valence electrons. The lowest BCUT2D eigenvalue weighted by molar-refractivity contribution is 0.0327. The molecule has 7 nitrogen and oxygen atoms in total. The number of aryl methyl sites for hydroxylation is 1. The van der Waals surface area contributed by atoms with E-state index in [1.165, 1.54) is 12.4 Å². The van der Waals surface area contributed by atoms with E-state index in [4.69, 9.17) is 9.72 Å². The number of hydrogen-bond acceptors (Lipinski definition) is 6. The molecule has 0 aromatic carbocycles. The maximum absolute atomic E-state index is 14.0. The van der Waals surface area contributed by atoms with Crippen LogP contribution in [0.3, 0.4) is 0 Å². The van der Waals surface area contributed by atoms with Gasteiger partial charge in [-0.15, -0.1) is 0 Å². The van der Waals surface area contributed by atoms with Gasteiger partial charge in [-0.05, 0) is 50.3 Å². The van der Waals surface area contributed by atoms with Gasteiger partial charge in [0.2, 0.25) is 0 Å². The number of nitrogens with zero attached hydrogens (tertiary/aromatic N) is 5. The lowest BCUT2D eigenvalue weighted by atomic mass is 9.99. The number of fused-ring (bicyclic) bond motifs is 5. The molecule has 0 amide bonds. The highest BCUT2D eigenvalue weighted by molar-refractivity contribution is 5.95. The topological polar surface area (TPSA) is 72.6 Å². The van der Waals surface area contributed by atoms with Crippen LogP contribution in [-0.2, 0) is 11.2 Å². The molecule has 1 fully saturated rings. The molecule has 0 N–H and O–H groups in total. The number of esters is 1. The molecule has 5 heterocycles. The average molecular weight is 381 g/mol. The molecule has 28 heavy (non-hydrogen) atoms. The second kappa shape index (κ2) is 6.54. The van der Waals surface area contributed by atoms with E-state index >= 15 is 0 Å². The Kier molecular flexibility index (Phi) is 3.99. The Labute approximate surface area is 161 Å². The number of halogens is 1. The monoisotopic (exact) mass is 381 g/mol. The van der Waals surface area contributed by atoms with Crippen LogP contribution < -0.4 is 4.90 Å². The van der Waals surface area contributed by atoms with Gasteiger partial charge in [-0.2, -0.15) is 5.10 Å². The Hall–Kier alpha value is -3.03. The molecule has 8 heteroatoms. The van der Waals surface area contributed by atoms with Crippen molar-refractivity contribution in [1.82, 2.24) is 19.6 Å². The van der Waals surface area contributed by atoms with Crippen LogP contribution in [0.5, 0.6) is 0 Å². The van der Waals surface area contributed by atoms with Crippen LogP contribution in [0, 0.1) is 5.82 Å². The summed E-state index contributed by atoms with van der Waals surface area (Å²) in [5, 5.41) is 4.22. The van der Waals surface area contributed by atoms with Crippen LogP contribution in [0.2, 0.25) is 0 Å². The Balaban J connectivity index is 1.69. The van der Waals surface area contributed by atoms with Gasteiger partial charge in [-0.1, -0.05) is 0 Å². The Morgan fingerprint density at radius 2 is 2.18 bits per heavy atom. The number of rotatable bonds is 0. The summed E-state index contributed by atoms with van der Waals surface area (Å²) in [6.07, 6.45) is 7.36. The maximum Gasteiger partial charge on any atom is 0.343 e. The van der Waals surface area contributed by atoms with E-state index in [-0.39, 0.29) is 18.0 Å². The molecule has 0 saturated carbocycles. The molecule has 3 aromatic heterocycles. The van der Waals surface area contributed by atoms with Gasteiger partial charge in [0.25, 0.3) is 0 Å². The van der Waals surface area contributed by atoms with Crippen molar-refractivity contribution in [2.75, 3.05) is 11.4 Å². The number of cyclic esters (lactones) is 1. The Bertz CT molecular complexity index is 1070. The standard InChI is InChI=1S/C20H20FN5O2/c1-12-4-5-16-14(9-13(21)10-22-16)17-3-2-7-25(17)18-6-8-26-19(24-18)15(11-23-26)20(27)28-12/h6,8-12,17H,2-5,7H2,1H3/t12-,17?/m1/s1. The van der Waals surface area contributed by atoms with Gasteiger partial charge in [0.05, 0.1) is 24.5 Å². The first kappa shape index (κ1) is 17.1. The number of anilines is 1. The van der Waals surface area contributed by atoms with Crippen molar-refractivity contribution >= 4 is 17.4 Å². The molecular weight excluding hydrogens is 361 g/mol. The summed E-state index contributed by atoms with van der Waals surface area (Å²) in [6, 6.07) is 3.47. The number of carbonyl (C=O) groups excluding carboxylic acids is 1. The fourth-order valence-electron chi connectivity index (χ4n) is 4.15. The van der Waals surface area contributed by atoms with Gasteiger partial charge in [0.1, 0.15) is 17.2 Å². The zero-order valence-corrected chi connectivity index (χ0v) is 15.5. The molecule has 2 aliphatic rings. The van der Waals surface area contributed by atoms with E-state index in [2.05, 4.69) is 15.0 Å². The largest absolute Gasteiger partial charge is 0.459 e. The summed E-state index contributed by atoms with van der Waals surface area (Å²) < 4.78 is 21.2. The first-order chi connectivity index (χ1) is 13.6. The summed E-state index contributed by atoms with van der Waals surface area (Å²) in [5.41, 5.74) is 2.57. The van der Waals surface area contributed by atoms with Gasteiger partial charge in [-0.3, -0.25) is 4.98 Å². The van der Waals surface area contributed by atoms with Crippen LogP contribution in [0.1, 0.15) is 53.8 Å². The fourth-order valence-corrected chi connectivity index (χ4v) is 4.15. The minimum absolute atomic E-state index is 0.00667. The van der Waals surface area contributed by atoms with Crippen molar-refractivity contribution in [1.29, 1.82) is 0 Å². The third kappa shape index (κ3) is 2.80. The van der Waals surface area contributed by atoms with Gasteiger partial charge in [-0.25, -0.2) is 18.7 Å².